The van der Waals surface area contributed by atoms with Crippen LogP contribution in [-0.2, 0) is 5.60 Å². The molecular formula is C30H29FN8O2. The van der Waals surface area contributed by atoms with E-state index in [-0.39, 0.29) is 18.0 Å². The maximum Gasteiger partial charge on any atom is 0.225 e. The summed E-state index contributed by atoms with van der Waals surface area (Å²) in [6.07, 6.45) is 14.9. The van der Waals surface area contributed by atoms with Crippen molar-refractivity contribution in [2.24, 2.45) is 0 Å². The molecule has 2 N–H and O–H groups in total. The Hall–Kier alpha value is -4.48. The quantitative estimate of drug-likeness (QED) is 0.327. The highest BCUT2D eigenvalue weighted by molar-refractivity contribution is 5.80. The van der Waals surface area contributed by atoms with Gasteiger partial charge in [-0.15, -0.1) is 0 Å². The first-order valence-corrected chi connectivity index (χ1v) is 13.7. The standard InChI is InChI=1S/C30H29FN8O2/c1-30(41,22-2-4-24(31)5-3-22)23-14-32-29(33-15-23)37-10-8-19(9-11-37)28-26-12-20(16-39(26)36-18-34-28)21-13-35-38(17-21)25-6-7-27(25)40/h2-5,8,12-18,25,27,40-41H,6-7,9-11H2,1H3/t25-,27-,30?/m1/s1. The van der Waals surface area contributed by atoms with Gasteiger partial charge in [0.15, 0.2) is 0 Å². The monoisotopic (exact) mass is 552 g/mol. The predicted molar refractivity (Wildman–Crippen MR) is 150 cm³/mol. The zero-order valence-electron chi connectivity index (χ0n) is 22.5. The van der Waals surface area contributed by atoms with Gasteiger partial charge in [-0.05, 0) is 55.5 Å². The second-order valence-corrected chi connectivity index (χ2v) is 10.9. The van der Waals surface area contributed by atoms with Crippen molar-refractivity contribution in [3.63, 3.8) is 0 Å². The lowest BCUT2D eigenvalue weighted by atomic mass is 9.89. The zero-order valence-corrected chi connectivity index (χ0v) is 22.5. The number of fused-ring (bicyclic) bond motifs is 1. The topological polar surface area (TPSA) is 117 Å². The minimum absolute atomic E-state index is 0.0506. The van der Waals surface area contributed by atoms with Crippen LogP contribution in [0.25, 0.3) is 22.2 Å². The number of benzene rings is 1. The molecule has 0 amide bonds. The van der Waals surface area contributed by atoms with Crippen LogP contribution >= 0.6 is 0 Å². The molecule has 2 aliphatic rings. The van der Waals surface area contributed by atoms with Crippen molar-refractivity contribution >= 4 is 17.0 Å². The van der Waals surface area contributed by atoms with Gasteiger partial charge in [0.2, 0.25) is 5.95 Å². The van der Waals surface area contributed by atoms with Crippen molar-refractivity contribution in [3.05, 3.63) is 96.4 Å². The van der Waals surface area contributed by atoms with E-state index in [0.717, 1.165) is 47.2 Å². The molecule has 1 unspecified atom stereocenters. The lowest BCUT2D eigenvalue weighted by Crippen LogP contribution is -2.33. The second kappa shape index (κ2) is 9.86. The van der Waals surface area contributed by atoms with Gasteiger partial charge in [-0.3, -0.25) is 4.68 Å². The molecule has 41 heavy (non-hydrogen) atoms. The lowest BCUT2D eigenvalue weighted by Gasteiger charge is -2.32. The van der Waals surface area contributed by atoms with Gasteiger partial charge in [-0.2, -0.15) is 10.2 Å². The Morgan fingerprint density at radius 2 is 1.76 bits per heavy atom. The van der Waals surface area contributed by atoms with Gasteiger partial charge in [-0.25, -0.2) is 23.9 Å². The van der Waals surface area contributed by atoms with Crippen molar-refractivity contribution in [2.75, 3.05) is 18.0 Å². The molecule has 1 aromatic carbocycles. The Labute approximate surface area is 235 Å². The van der Waals surface area contributed by atoms with Gasteiger partial charge in [0.25, 0.3) is 0 Å². The third-order valence-electron chi connectivity index (χ3n) is 8.29. The van der Waals surface area contributed by atoms with E-state index in [1.165, 1.54) is 12.1 Å². The average Bonchev–Trinajstić information content (AvgIpc) is 3.64. The molecule has 0 radical (unpaired) electrons. The number of anilines is 1. The number of aromatic nitrogens is 7. The van der Waals surface area contributed by atoms with E-state index in [2.05, 4.69) is 42.2 Å². The van der Waals surface area contributed by atoms with Crippen LogP contribution in [0.4, 0.5) is 10.3 Å². The highest BCUT2D eigenvalue weighted by Crippen LogP contribution is 2.34. The molecular weight excluding hydrogens is 523 g/mol. The first kappa shape index (κ1) is 25.5. The molecule has 1 aliphatic heterocycles. The number of halogens is 1. The number of rotatable bonds is 6. The van der Waals surface area contributed by atoms with Crippen LogP contribution < -0.4 is 4.90 Å². The summed E-state index contributed by atoms with van der Waals surface area (Å²) >= 11 is 0. The van der Waals surface area contributed by atoms with E-state index in [4.69, 9.17) is 0 Å². The van der Waals surface area contributed by atoms with Gasteiger partial charge in [0.05, 0.1) is 29.6 Å². The fraction of sp³-hybridized carbons (Fsp3) is 0.300. The van der Waals surface area contributed by atoms with Crippen molar-refractivity contribution in [1.29, 1.82) is 0 Å². The number of hydrogen-bond acceptors (Lipinski definition) is 8. The average molecular weight is 553 g/mol. The van der Waals surface area contributed by atoms with Crippen molar-refractivity contribution in [2.45, 2.75) is 43.9 Å². The van der Waals surface area contributed by atoms with Crippen LogP contribution in [0.2, 0.25) is 0 Å². The molecule has 208 valence electrons. The zero-order chi connectivity index (χ0) is 28.1. The molecule has 1 fully saturated rings. The van der Waals surface area contributed by atoms with Gasteiger partial charge >= 0.3 is 0 Å². The summed E-state index contributed by atoms with van der Waals surface area (Å²) < 4.78 is 17.0. The molecule has 0 bridgehead atoms. The fourth-order valence-corrected chi connectivity index (χ4v) is 5.52. The summed E-state index contributed by atoms with van der Waals surface area (Å²) in [5.74, 6) is 0.219. The number of nitrogens with zero attached hydrogens (tertiary/aromatic N) is 8. The lowest BCUT2D eigenvalue weighted by molar-refractivity contribution is 0.0254. The molecule has 1 aliphatic carbocycles. The summed E-state index contributed by atoms with van der Waals surface area (Å²) in [7, 11) is 0. The molecule has 10 nitrogen and oxygen atoms in total. The third kappa shape index (κ3) is 4.56. The molecule has 5 heterocycles. The van der Waals surface area contributed by atoms with Crippen molar-refractivity contribution in [3.8, 4) is 11.1 Å². The molecule has 0 spiro atoms. The first-order chi connectivity index (χ1) is 19.9. The predicted octanol–water partition coefficient (Wildman–Crippen LogP) is 3.77. The maximum absolute atomic E-state index is 13.3. The van der Waals surface area contributed by atoms with Crippen LogP contribution in [0.3, 0.4) is 0 Å². The minimum Gasteiger partial charge on any atom is -0.391 e. The molecule has 1 saturated carbocycles. The van der Waals surface area contributed by atoms with E-state index in [1.807, 2.05) is 27.8 Å². The first-order valence-electron chi connectivity index (χ1n) is 13.7. The van der Waals surface area contributed by atoms with Crippen molar-refractivity contribution < 1.29 is 14.6 Å². The summed E-state index contributed by atoms with van der Waals surface area (Å²) in [5, 5.41) is 30.0. The van der Waals surface area contributed by atoms with E-state index in [1.54, 1.807) is 37.8 Å². The van der Waals surface area contributed by atoms with Crippen LogP contribution in [0.15, 0.2) is 73.7 Å². The molecule has 5 aromatic rings. The minimum atomic E-state index is -1.34. The van der Waals surface area contributed by atoms with E-state index in [0.29, 0.717) is 30.2 Å². The molecule has 4 aromatic heterocycles. The number of hydrogen-bond donors (Lipinski definition) is 2. The van der Waals surface area contributed by atoms with Crippen LogP contribution in [0.1, 0.15) is 49.0 Å². The largest absolute Gasteiger partial charge is 0.391 e. The fourth-order valence-electron chi connectivity index (χ4n) is 5.52. The number of aliphatic hydroxyl groups excluding tert-OH is 1. The van der Waals surface area contributed by atoms with Gasteiger partial charge < -0.3 is 15.1 Å². The second-order valence-electron chi connectivity index (χ2n) is 10.9. The Bertz CT molecular complexity index is 1740. The third-order valence-corrected chi connectivity index (χ3v) is 8.29. The summed E-state index contributed by atoms with van der Waals surface area (Å²) in [6.45, 7) is 2.97. The Morgan fingerprint density at radius 1 is 0.951 bits per heavy atom. The molecule has 0 saturated heterocycles. The van der Waals surface area contributed by atoms with Crippen LogP contribution in [0, 0.1) is 5.82 Å². The van der Waals surface area contributed by atoms with E-state index < -0.39 is 5.60 Å². The summed E-state index contributed by atoms with van der Waals surface area (Å²) in [4.78, 5) is 15.7. The highest BCUT2D eigenvalue weighted by atomic mass is 19.1. The Morgan fingerprint density at radius 3 is 2.44 bits per heavy atom. The smallest absolute Gasteiger partial charge is 0.225 e. The SMILES string of the molecule is CC(O)(c1ccc(F)cc1)c1cnc(N2CC=C(c3ncnn4cc(-c5cnn([C@@H]6CC[C@H]6O)c5)cc34)CC2)nc1. The van der Waals surface area contributed by atoms with Crippen LogP contribution in [0.5, 0.6) is 0 Å². The normalized spacial score (nSPS) is 20.5. The van der Waals surface area contributed by atoms with Gasteiger partial charge in [0, 0.05) is 54.6 Å². The Kier molecular flexibility index (Phi) is 6.13. The van der Waals surface area contributed by atoms with Crippen molar-refractivity contribution in [1.82, 2.24) is 34.3 Å². The molecule has 3 atom stereocenters. The number of aliphatic hydroxyl groups is 2. The molecule has 7 rings (SSSR count). The Balaban J connectivity index is 1.09. The maximum atomic E-state index is 13.3. The summed E-state index contributed by atoms with van der Waals surface area (Å²) in [6, 6.07) is 7.90. The highest BCUT2D eigenvalue weighted by Gasteiger charge is 2.31. The van der Waals surface area contributed by atoms with Gasteiger partial charge in [-0.1, -0.05) is 18.2 Å². The van der Waals surface area contributed by atoms with Gasteiger partial charge in [0.1, 0.15) is 17.7 Å². The van der Waals surface area contributed by atoms with E-state index >= 15 is 0 Å². The summed E-state index contributed by atoms with van der Waals surface area (Å²) in [5.41, 5.74) is 4.66. The van der Waals surface area contributed by atoms with E-state index in [9.17, 15) is 14.6 Å². The molecule has 11 heteroatoms. The van der Waals surface area contributed by atoms with Crippen LogP contribution in [-0.4, -0.2) is 63.8 Å².